The molecule has 5 heterocycles. The number of amides is 1. The maximum atomic E-state index is 14.0. The van der Waals surface area contributed by atoms with Gasteiger partial charge in [-0.3, -0.25) is 9.69 Å². The Morgan fingerprint density at radius 1 is 1.22 bits per heavy atom. The number of carbonyl (C=O) groups is 1. The summed E-state index contributed by atoms with van der Waals surface area (Å²) < 4.78 is 42.0. The molecule has 1 saturated heterocycles. The zero-order valence-electron chi connectivity index (χ0n) is 20.1. The maximum Gasteiger partial charge on any atom is 0.419 e. The van der Waals surface area contributed by atoms with Gasteiger partial charge in [-0.1, -0.05) is 6.07 Å². The van der Waals surface area contributed by atoms with E-state index in [1.807, 2.05) is 0 Å². The minimum Gasteiger partial charge on any atom is -0.356 e. The molecule has 8 nitrogen and oxygen atoms in total. The van der Waals surface area contributed by atoms with Crippen molar-refractivity contribution in [3.05, 3.63) is 53.6 Å². The zero-order chi connectivity index (χ0) is 25.5. The number of nitrogens with zero attached hydrogens (tertiary/aromatic N) is 4. The molecule has 0 aromatic carbocycles. The molecule has 0 radical (unpaired) electrons. The molecule has 3 aromatic heterocycles. The van der Waals surface area contributed by atoms with Crippen LogP contribution >= 0.6 is 0 Å². The maximum absolute atomic E-state index is 14.0. The van der Waals surface area contributed by atoms with E-state index in [1.54, 1.807) is 29.3 Å². The molecule has 5 rings (SSSR count). The lowest BCUT2D eigenvalue weighted by Crippen LogP contribution is -2.50. The predicted molar refractivity (Wildman–Crippen MR) is 130 cm³/mol. The van der Waals surface area contributed by atoms with Crippen molar-refractivity contribution >= 4 is 17.7 Å². The predicted octanol–water partition coefficient (Wildman–Crippen LogP) is 4.42. The molecule has 1 fully saturated rings. The highest BCUT2D eigenvalue weighted by Gasteiger charge is 2.38. The van der Waals surface area contributed by atoms with Crippen LogP contribution in [0.15, 0.2) is 36.8 Å². The average Bonchev–Trinajstić information content (AvgIpc) is 3.19. The molecular formula is C25H28F3N7O. The number of rotatable bonds is 4. The summed E-state index contributed by atoms with van der Waals surface area (Å²) in [5.74, 6) is 0.305. The van der Waals surface area contributed by atoms with Gasteiger partial charge in [-0.2, -0.15) is 13.2 Å². The highest BCUT2D eigenvalue weighted by molar-refractivity contribution is 6.06. The fraction of sp³-hybridized carbons (Fsp3) is 0.440. The van der Waals surface area contributed by atoms with Gasteiger partial charge >= 0.3 is 6.18 Å². The number of H-pyrrole nitrogens is 1. The molecule has 3 N–H and O–H groups in total. The van der Waals surface area contributed by atoms with E-state index >= 15 is 0 Å². The van der Waals surface area contributed by atoms with Crippen LogP contribution in [-0.4, -0.2) is 50.5 Å². The Kier molecular flexibility index (Phi) is 6.19. The quantitative estimate of drug-likeness (QED) is 0.492. The molecule has 3 aromatic rings. The Hall–Kier alpha value is -3.47. The van der Waals surface area contributed by atoms with Crippen LogP contribution in [0, 0.1) is 0 Å². The molecule has 11 heteroatoms. The van der Waals surface area contributed by atoms with Gasteiger partial charge in [0.25, 0.3) is 5.91 Å². The second-order valence-corrected chi connectivity index (χ2v) is 9.90. The van der Waals surface area contributed by atoms with E-state index in [0.717, 1.165) is 19.0 Å². The summed E-state index contributed by atoms with van der Waals surface area (Å²) in [5.41, 5.74) is -0.107. The molecule has 0 spiro atoms. The number of fused-ring (bicyclic) bond motifs is 1. The van der Waals surface area contributed by atoms with Crippen molar-refractivity contribution in [1.82, 2.24) is 25.3 Å². The molecule has 2 aliphatic rings. The first kappa shape index (κ1) is 24.2. The van der Waals surface area contributed by atoms with Crippen molar-refractivity contribution in [2.75, 3.05) is 23.3 Å². The largest absolute Gasteiger partial charge is 0.419 e. The molecule has 36 heavy (non-hydrogen) atoms. The van der Waals surface area contributed by atoms with Gasteiger partial charge in [0, 0.05) is 48.8 Å². The van der Waals surface area contributed by atoms with Crippen LogP contribution in [0.25, 0.3) is 11.3 Å². The van der Waals surface area contributed by atoms with E-state index in [4.69, 9.17) is 0 Å². The minimum absolute atomic E-state index is 0.000500. The first-order valence-corrected chi connectivity index (χ1v) is 12.0. The van der Waals surface area contributed by atoms with Crippen molar-refractivity contribution in [3.8, 4) is 11.3 Å². The molecule has 1 unspecified atom stereocenters. The Labute approximate surface area is 206 Å². The van der Waals surface area contributed by atoms with Gasteiger partial charge in [0.1, 0.15) is 17.1 Å². The number of aromatic nitrogens is 4. The van der Waals surface area contributed by atoms with Crippen LogP contribution in [0.1, 0.15) is 54.7 Å². The van der Waals surface area contributed by atoms with E-state index in [2.05, 4.69) is 44.4 Å². The topological polar surface area (TPSA) is 98.8 Å². The van der Waals surface area contributed by atoms with Gasteiger partial charge in [-0.25, -0.2) is 15.0 Å². The summed E-state index contributed by atoms with van der Waals surface area (Å²) in [7, 11) is 0. The number of hydrogen-bond acceptors (Lipinski definition) is 6. The highest BCUT2D eigenvalue weighted by atomic mass is 19.4. The van der Waals surface area contributed by atoms with Crippen LogP contribution in [0.4, 0.5) is 24.9 Å². The summed E-state index contributed by atoms with van der Waals surface area (Å²) in [4.78, 5) is 30.4. The molecule has 190 valence electrons. The standard InChI is InChI=1S/C25H28F3N7O/c1-24(2)9-8-15(12-32-24)33-23-31-14-18(25(26,27)28)20(34-23)17-13-30-21-16(17)6-5-11-35(22(21)36)19-7-3-4-10-29-19/h3-4,7,10,13-15,30,32H,5-6,8-9,11-12H2,1-2H3,(H,31,33,34). The number of hydrogen-bond donors (Lipinski definition) is 3. The van der Waals surface area contributed by atoms with Crippen molar-refractivity contribution in [2.24, 2.45) is 0 Å². The highest BCUT2D eigenvalue weighted by Crippen LogP contribution is 2.39. The lowest BCUT2D eigenvalue weighted by atomic mass is 9.91. The fourth-order valence-corrected chi connectivity index (χ4v) is 4.79. The fourth-order valence-electron chi connectivity index (χ4n) is 4.79. The summed E-state index contributed by atoms with van der Waals surface area (Å²) in [6, 6.07) is 5.28. The molecule has 1 amide bonds. The Balaban J connectivity index is 1.50. The summed E-state index contributed by atoms with van der Waals surface area (Å²) in [6.07, 6.45) is 1.97. The van der Waals surface area contributed by atoms with Gasteiger partial charge < -0.3 is 15.6 Å². The molecular weight excluding hydrogens is 471 g/mol. The second-order valence-electron chi connectivity index (χ2n) is 9.90. The first-order chi connectivity index (χ1) is 17.1. The number of halogens is 3. The second kappa shape index (κ2) is 9.20. The van der Waals surface area contributed by atoms with Crippen molar-refractivity contribution in [3.63, 3.8) is 0 Å². The van der Waals surface area contributed by atoms with Crippen LogP contribution in [-0.2, 0) is 12.6 Å². The van der Waals surface area contributed by atoms with Gasteiger partial charge in [0.15, 0.2) is 0 Å². The van der Waals surface area contributed by atoms with Crippen molar-refractivity contribution in [1.29, 1.82) is 0 Å². The number of pyridine rings is 1. The summed E-state index contributed by atoms with van der Waals surface area (Å²) in [6.45, 7) is 5.30. The van der Waals surface area contributed by atoms with E-state index in [9.17, 15) is 18.0 Å². The van der Waals surface area contributed by atoms with Crippen LogP contribution in [0.3, 0.4) is 0 Å². The number of piperidine rings is 1. The van der Waals surface area contributed by atoms with Crippen LogP contribution < -0.4 is 15.5 Å². The van der Waals surface area contributed by atoms with E-state index in [0.29, 0.717) is 37.3 Å². The first-order valence-electron chi connectivity index (χ1n) is 12.0. The van der Waals surface area contributed by atoms with Gasteiger partial charge in [0.2, 0.25) is 5.95 Å². The molecule has 0 saturated carbocycles. The number of alkyl halides is 3. The van der Waals surface area contributed by atoms with Crippen molar-refractivity contribution < 1.29 is 18.0 Å². The third kappa shape index (κ3) is 4.79. The molecule has 0 bridgehead atoms. The van der Waals surface area contributed by atoms with Gasteiger partial charge in [-0.05, 0) is 57.2 Å². The number of carbonyl (C=O) groups excluding carboxylic acids is 1. The number of anilines is 2. The van der Waals surface area contributed by atoms with E-state index in [-0.39, 0.29) is 40.4 Å². The zero-order valence-corrected chi connectivity index (χ0v) is 20.1. The van der Waals surface area contributed by atoms with E-state index in [1.165, 1.54) is 6.20 Å². The Morgan fingerprint density at radius 3 is 2.75 bits per heavy atom. The third-order valence-corrected chi connectivity index (χ3v) is 6.81. The minimum atomic E-state index is -4.65. The normalized spacial score (nSPS) is 20.1. The SMILES string of the molecule is CC1(C)CCC(Nc2ncc(C(F)(F)F)c(-c3c[nH]c4c3CCCN(c3ccccn3)C4=O)n2)CN1. The number of aromatic amines is 1. The molecule has 2 aliphatic heterocycles. The van der Waals surface area contributed by atoms with Crippen LogP contribution in [0.2, 0.25) is 0 Å². The lowest BCUT2D eigenvalue weighted by Gasteiger charge is -2.36. The smallest absolute Gasteiger partial charge is 0.356 e. The summed E-state index contributed by atoms with van der Waals surface area (Å²) >= 11 is 0. The molecule has 1 atom stereocenters. The monoisotopic (exact) mass is 499 g/mol. The lowest BCUT2D eigenvalue weighted by molar-refractivity contribution is -0.137. The van der Waals surface area contributed by atoms with Crippen LogP contribution in [0.5, 0.6) is 0 Å². The van der Waals surface area contributed by atoms with E-state index < -0.39 is 11.7 Å². The van der Waals surface area contributed by atoms with Gasteiger partial charge in [-0.15, -0.1) is 0 Å². The molecule has 0 aliphatic carbocycles. The van der Waals surface area contributed by atoms with Crippen molar-refractivity contribution in [2.45, 2.75) is 57.3 Å². The van der Waals surface area contributed by atoms with Gasteiger partial charge in [0.05, 0.1) is 5.69 Å². The number of nitrogens with one attached hydrogen (secondary N) is 3. The average molecular weight is 500 g/mol. The Morgan fingerprint density at radius 2 is 2.06 bits per heavy atom. The summed E-state index contributed by atoms with van der Waals surface area (Å²) in [5, 5.41) is 6.61. The Bertz CT molecular complexity index is 1250. The third-order valence-electron chi connectivity index (χ3n) is 6.81.